The van der Waals surface area contributed by atoms with Crippen LogP contribution in [-0.4, -0.2) is 17.6 Å². The van der Waals surface area contributed by atoms with Gasteiger partial charge in [-0.3, -0.25) is 10.1 Å². The molecule has 3 fully saturated rings. The van der Waals surface area contributed by atoms with Crippen molar-refractivity contribution in [2.75, 3.05) is 0 Å². The van der Waals surface area contributed by atoms with Crippen LogP contribution in [-0.2, 0) is 4.79 Å². The minimum atomic E-state index is -0.615. The average Bonchev–Trinajstić information content (AvgIpc) is 3.34. The Morgan fingerprint density at radius 2 is 2.00 bits per heavy atom. The number of carbonyl (C=O) groups is 1. The molecule has 4 aliphatic carbocycles. The van der Waals surface area contributed by atoms with Crippen LogP contribution in [0.25, 0.3) is 0 Å². The summed E-state index contributed by atoms with van der Waals surface area (Å²) in [6.07, 6.45) is 12.0. The fraction of sp³-hybridized carbons (Fsp3) is 0.722. The lowest BCUT2D eigenvalue weighted by Crippen LogP contribution is -2.55. The number of dihydropyridines is 1. The molecule has 0 radical (unpaired) electrons. The van der Waals surface area contributed by atoms with Gasteiger partial charge in [0.1, 0.15) is 0 Å². The Kier molecular flexibility index (Phi) is 2.88. The molecule has 2 N–H and O–H groups in total. The summed E-state index contributed by atoms with van der Waals surface area (Å²) in [7, 11) is 0. The molecule has 5 nitrogen and oxygen atoms in total. The van der Waals surface area contributed by atoms with Gasteiger partial charge in [0.2, 0.25) is 0 Å². The SMILES string of the molecule is O=NC(=O)C1=CNC(NC23CCC(CC2)C3)C2=C1C1CCC2C1. The Labute approximate surface area is 135 Å². The maximum absolute atomic E-state index is 11.9. The van der Waals surface area contributed by atoms with Crippen molar-refractivity contribution in [3.05, 3.63) is 27.8 Å². The Hall–Kier alpha value is -1.49. The number of amides is 1. The van der Waals surface area contributed by atoms with E-state index in [1.807, 2.05) is 0 Å². The molecule has 3 unspecified atom stereocenters. The molecule has 0 saturated heterocycles. The minimum Gasteiger partial charge on any atom is -0.372 e. The molecule has 5 aliphatic rings. The summed E-state index contributed by atoms with van der Waals surface area (Å²) in [5.41, 5.74) is 3.32. The van der Waals surface area contributed by atoms with Crippen LogP contribution in [0.15, 0.2) is 28.1 Å². The number of nitroso groups, excluding NO2 is 1. The van der Waals surface area contributed by atoms with Gasteiger partial charge in [0.05, 0.1) is 11.7 Å². The lowest BCUT2D eigenvalue weighted by atomic mass is 9.83. The van der Waals surface area contributed by atoms with Gasteiger partial charge in [-0.2, -0.15) is 0 Å². The topological polar surface area (TPSA) is 70.6 Å². The van der Waals surface area contributed by atoms with E-state index in [4.69, 9.17) is 0 Å². The van der Waals surface area contributed by atoms with E-state index in [0.717, 1.165) is 24.3 Å². The van der Waals surface area contributed by atoms with Gasteiger partial charge < -0.3 is 5.32 Å². The normalized spacial score (nSPS) is 43.4. The van der Waals surface area contributed by atoms with E-state index in [2.05, 4.69) is 15.8 Å². The molecule has 122 valence electrons. The second kappa shape index (κ2) is 4.76. The van der Waals surface area contributed by atoms with Crippen LogP contribution in [0.2, 0.25) is 0 Å². The maximum atomic E-state index is 11.9. The van der Waals surface area contributed by atoms with Crippen molar-refractivity contribution in [3.63, 3.8) is 0 Å². The molecule has 1 aliphatic heterocycles. The van der Waals surface area contributed by atoms with Crippen LogP contribution in [0, 0.1) is 22.7 Å². The van der Waals surface area contributed by atoms with Crippen molar-refractivity contribution in [3.8, 4) is 0 Å². The number of fused-ring (bicyclic) bond motifs is 6. The summed E-state index contributed by atoms with van der Waals surface area (Å²) >= 11 is 0. The first kappa shape index (κ1) is 13.9. The molecule has 23 heavy (non-hydrogen) atoms. The van der Waals surface area contributed by atoms with Gasteiger partial charge in [-0.05, 0) is 80.3 Å². The van der Waals surface area contributed by atoms with E-state index >= 15 is 0 Å². The van der Waals surface area contributed by atoms with Gasteiger partial charge in [-0.25, -0.2) is 0 Å². The van der Waals surface area contributed by atoms with E-state index in [1.54, 1.807) is 6.20 Å². The van der Waals surface area contributed by atoms with Crippen molar-refractivity contribution in [1.82, 2.24) is 10.6 Å². The van der Waals surface area contributed by atoms with E-state index < -0.39 is 5.91 Å². The third kappa shape index (κ3) is 1.92. The van der Waals surface area contributed by atoms with Gasteiger partial charge >= 0.3 is 5.91 Å². The number of hydrogen-bond acceptors (Lipinski definition) is 4. The van der Waals surface area contributed by atoms with Gasteiger partial charge in [-0.1, -0.05) is 0 Å². The third-order valence-electron chi connectivity index (χ3n) is 7.09. The molecular weight excluding hydrogens is 290 g/mol. The molecule has 0 aromatic rings. The largest absolute Gasteiger partial charge is 0.372 e. The van der Waals surface area contributed by atoms with E-state index in [0.29, 0.717) is 22.9 Å². The van der Waals surface area contributed by atoms with Crippen LogP contribution in [0.1, 0.15) is 51.4 Å². The summed E-state index contributed by atoms with van der Waals surface area (Å²) < 4.78 is 0. The molecule has 5 heteroatoms. The molecule has 5 rings (SSSR count). The van der Waals surface area contributed by atoms with Crippen LogP contribution in [0.4, 0.5) is 0 Å². The van der Waals surface area contributed by atoms with E-state index in [1.165, 1.54) is 44.1 Å². The number of nitrogens with one attached hydrogen (secondary N) is 2. The first-order valence-electron chi connectivity index (χ1n) is 9.05. The van der Waals surface area contributed by atoms with Crippen LogP contribution in [0.5, 0.6) is 0 Å². The minimum absolute atomic E-state index is 0.139. The zero-order valence-electron chi connectivity index (χ0n) is 13.3. The summed E-state index contributed by atoms with van der Waals surface area (Å²) in [4.78, 5) is 22.7. The highest BCUT2D eigenvalue weighted by atomic mass is 16.3. The van der Waals surface area contributed by atoms with Crippen molar-refractivity contribution in [2.45, 2.75) is 63.1 Å². The second-order valence-electron chi connectivity index (χ2n) is 8.20. The van der Waals surface area contributed by atoms with E-state index in [-0.39, 0.29) is 6.17 Å². The number of hydrogen-bond donors (Lipinski definition) is 2. The molecular formula is C18H23N3O2. The van der Waals surface area contributed by atoms with Crippen molar-refractivity contribution >= 4 is 5.91 Å². The second-order valence-corrected chi connectivity index (χ2v) is 8.20. The molecule has 0 spiro atoms. The quantitative estimate of drug-likeness (QED) is 0.786. The molecule has 1 amide bonds. The average molecular weight is 313 g/mol. The van der Waals surface area contributed by atoms with Gasteiger partial charge in [0.15, 0.2) is 0 Å². The van der Waals surface area contributed by atoms with Crippen LogP contribution in [0.3, 0.4) is 0 Å². The van der Waals surface area contributed by atoms with Gasteiger partial charge in [-0.15, -0.1) is 4.91 Å². The Morgan fingerprint density at radius 3 is 2.70 bits per heavy atom. The standard InChI is InChI=1S/C18H23N3O2/c22-17(21-23)13-9-19-16(15-12-2-1-11(7-12)14(13)15)20-18-5-3-10(8-18)4-6-18/h9-12,16,19-20H,1-8H2. The first-order chi connectivity index (χ1) is 11.2. The highest BCUT2D eigenvalue weighted by molar-refractivity contribution is 5.99. The molecule has 1 heterocycles. The highest BCUT2D eigenvalue weighted by Gasteiger charge is 2.50. The van der Waals surface area contributed by atoms with Crippen LogP contribution >= 0.6 is 0 Å². The lowest BCUT2D eigenvalue weighted by molar-refractivity contribution is -0.114. The fourth-order valence-corrected chi connectivity index (χ4v) is 6.13. The smallest absolute Gasteiger partial charge is 0.318 e. The zero-order valence-corrected chi connectivity index (χ0v) is 13.3. The molecule has 0 aromatic carbocycles. The summed E-state index contributed by atoms with van der Waals surface area (Å²) in [6, 6.07) is 0. The summed E-state index contributed by atoms with van der Waals surface area (Å²) in [5, 5.41) is 9.99. The molecule has 4 bridgehead atoms. The van der Waals surface area contributed by atoms with Gasteiger partial charge in [0, 0.05) is 16.9 Å². The third-order valence-corrected chi connectivity index (χ3v) is 7.09. The number of carbonyl (C=O) groups excluding carboxylic acids is 1. The first-order valence-corrected chi connectivity index (χ1v) is 9.05. The highest BCUT2D eigenvalue weighted by Crippen LogP contribution is 2.54. The van der Waals surface area contributed by atoms with Gasteiger partial charge in [0.25, 0.3) is 0 Å². The lowest BCUT2D eigenvalue weighted by Gasteiger charge is -2.39. The van der Waals surface area contributed by atoms with Crippen LogP contribution < -0.4 is 10.6 Å². The van der Waals surface area contributed by atoms with E-state index in [9.17, 15) is 9.70 Å². The summed E-state index contributed by atoms with van der Waals surface area (Å²) in [5.74, 6) is 1.32. The maximum Gasteiger partial charge on any atom is 0.318 e. The fourth-order valence-electron chi connectivity index (χ4n) is 6.13. The van der Waals surface area contributed by atoms with Crippen molar-refractivity contribution in [2.24, 2.45) is 22.9 Å². The number of nitrogens with zero attached hydrogens (tertiary/aromatic N) is 1. The Morgan fingerprint density at radius 1 is 1.22 bits per heavy atom. The molecule has 0 aromatic heterocycles. The molecule has 3 atom stereocenters. The summed E-state index contributed by atoms with van der Waals surface area (Å²) in [6.45, 7) is 0. The Bertz CT molecular complexity index is 643. The zero-order chi connectivity index (χ0) is 15.6. The monoisotopic (exact) mass is 313 g/mol. The predicted molar refractivity (Wildman–Crippen MR) is 86.1 cm³/mol. The Balaban J connectivity index is 1.48. The number of rotatable bonds is 3. The molecule has 3 saturated carbocycles. The van der Waals surface area contributed by atoms with Crippen molar-refractivity contribution < 1.29 is 4.79 Å². The predicted octanol–water partition coefficient (Wildman–Crippen LogP) is 2.74. The van der Waals surface area contributed by atoms with Crippen molar-refractivity contribution in [1.29, 1.82) is 0 Å².